The molecule has 1 aromatic carbocycles. The van der Waals surface area contributed by atoms with Gasteiger partial charge < -0.3 is 19.1 Å². The lowest BCUT2D eigenvalue weighted by Crippen LogP contribution is -2.51. The number of amides is 1. The Bertz CT molecular complexity index is 770. The number of esters is 1. The van der Waals surface area contributed by atoms with E-state index in [1.807, 2.05) is 51.1 Å². The molecule has 7 heteroatoms. The van der Waals surface area contributed by atoms with Gasteiger partial charge in [0.05, 0.1) is 5.92 Å². The SMILES string of the molecule is CC(C)(C)OC(=O)C1CC2(C1)OC2NC1CCCN(C(=O)OCc2ccccc2)C1. The highest BCUT2D eigenvalue weighted by molar-refractivity contribution is 5.75. The van der Waals surface area contributed by atoms with Gasteiger partial charge >= 0.3 is 12.1 Å². The minimum atomic E-state index is -0.456. The van der Waals surface area contributed by atoms with Crippen LogP contribution in [0, 0.1) is 5.92 Å². The average Bonchev–Trinajstić information content (AvgIpc) is 3.38. The number of nitrogens with zero attached hydrogens (tertiary/aromatic N) is 1. The van der Waals surface area contributed by atoms with Crippen LogP contribution >= 0.6 is 0 Å². The van der Waals surface area contributed by atoms with Crippen LogP contribution in [0.1, 0.15) is 52.0 Å². The molecule has 0 aromatic heterocycles. The minimum Gasteiger partial charge on any atom is -0.460 e. The number of hydrogen-bond donors (Lipinski definition) is 1. The van der Waals surface area contributed by atoms with Crippen LogP contribution in [0.4, 0.5) is 4.79 Å². The van der Waals surface area contributed by atoms with Crippen molar-refractivity contribution in [2.75, 3.05) is 13.1 Å². The number of ether oxygens (including phenoxy) is 3. The van der Waals surface area contributed by atoms with Gasteiger partial charge in [-0.3, -0.25) is 10.1 Å². The number of carbonyl (C=O) groups is 2. The van der Waals surface area contributed by atoms with E-state index in [1.54, 1.807) is 4.90 Å². The zero-order chi connectivity index (χ0) is 21.4. The number of likely N-dealkylation sites (tertiary alicyclic amines) is 1. The molecule has 3 fully saturated rings. The van der Waals surface area contributed by atoms with Crippen molar-refractivity contribution in [3.8, 4) is 0 Å². The molecule has 2 atom stereocenters. The van der Waals surface area contributed by atoms with Crippen LogP contribution in [0.5, 0.6) is 0 Å². The van der Waals surface area contributed by atoms with Gasteiger partial charge in [-0.15, -0.1) is 0 Å². The third-order valence-electron chi connectivity index (χ3n) is 5.97. The van der Waals surface area contributed by atoms with Gasteiger partial charge in [-0.2, -0.15) is 0 Å². The maximum atomic E-state index is 12.4. The van der Waals surface area contributed by atoms with Crippen LogP contribution in [0.25, 0.3) is 0 Å². The largest absolute Gasteiger partial charge is 0.460 e. The van der Waals surface area contributed by atoms with Gasteiger partial charge in [0.2, 0.25) is 0 Å². The summed E-state index contributed by atoms with van der Waals surface area (Å²) in [7, 11) is 0. The first-order valence-electron chi connectivity index (χ1n) is 10.9. The second-order valence-electron chi connectivity index (χ2n) is 9.69. The Kier molecular flexibility index (Phi) is 5.77. The molecule has 1 amide bonds. The lowest BCUT2D eigenvalue weighted by atomic mass is 9.73. The summed E-state index contributed by atoms with van der Waals surface area (Å²) in [5.41, 5.74) is 0.302. The smallest absolute Gasteiger partial charge is 0.410 e. The van der Waals surface area contributed by atoms with E-state index in [9.17, 15) is 9.59 Å². The van der Waals surface area contributed by atoms with Crippen molar-refractivity contribution in [3.63, 3.8) is 0 Å². The molecule has 30 heavy (non-hydrogen) atoms. The highest BCUT2D eigenvalue weighted by atomic mass is 16.6. The summed E-state index contributed by atoms with van der Waals surface area (Å²) in [6.07, 6.45) is 3.02. The van der Waals surface area contributed by atoms with Crippen LogP contribution in [0.2, 0.25) is 0 Å². The second-order valence-corrected chi connectivity index (χ2v) is 9.69. The normalized spacial score (nSPS) is 30.5. The van der Waals surface area contributed by atoms with Gasteiger partial charge in [-0.25, -0.2) is 4.79 Å². The Hall–Kier alpha value is -2.12. The monoisotopic (exact) mass is 416 g/mol. The molecule has 7 nitrogen and oxygen atoms in total. The fourth-order valence-electron chi connectivity index (χ4n) is 4.33. The molecule has 0 radical (unpaired) electrons. The Morgan fingerprint density at radius 2 is 1.97 bits per heavy atom. The molecule has 1 saturated carbocycles. The van der Waals surface area contributed by atoms with Crippen molar-refractivity contribution in [3.05, 3.63) is 35.9 Å². The van der Waals surface area contributed by atoms with Crippen LogP contribution < -0.4 is 5.32 Å². The van der Waals surface area contributed by atoms with E-state index in [1.165, 1.54) is 0 Å². The van der Waals surface area contributed by atoms with Gasteiger partial charge in [-0.1, -0.05) is 30.3 Å². The van der Waals surface area contributed by atoms with E-state index < -0.39 is 5.60 Å². The number of hydrogen-bond acceptors (Lipinski definition) is 6. The first-order valence-corrected chi connectivity index (χ1v) is 10.9. The summed E-state index contributed by atoms with van der Waals surface area (Å²) in [4.78, 5) is 26.4. The van der Waals surface area contributed by atoms with Crippen molar-refractivity contribution in [2.24, 2.45) is 5.92 Å². The molecule has 0 bridgehead atoms. The van der Waals surface area contributed by atoms with Gasteiger partial charge in [0.25, 0.3) is 0 Å². The zero-order valence-corrected chi connectivity index (χ0v) is 18.1. The topological polar surface area (TPSA) is 80.4 Å². The van der Waals surface area contributed by atoms with Crippen molar-refractivity contribution in [2.45, 2.75) is 76.5 Å². The Morgan fingerprint density at radius 3 is 2.67 bits per heavy atom. The highest BCUT2D eigenvalue weighted by Gasteiger charge is 2.66. The third kappa shape index (κ3) is 4.95. The lowest BCUT2D eigenvalue weighted by Gasteiger charge is -2.35. The quantitative estimate of drug-likeness (QED) is 0.586. The van der Waals surface area contributed by atoms with E-state index in [0.29, 0.717) is 25.9 Å². The molecule has 164 valence electrons. The molecule has 1 aliphatic carbocycles. The third-order valence-corrected chi connectivity index (χ3v) is 5.97. The molecule has 1 aromatic rings. The highest BCUT2D eigenvalue weighted by Crippen LogP contribution is 2.55. The Labute approximate surface area is 178 Å². The summed E-state index contributed by atoms with van der Waals surface area (Å²) in [5, 5.41) is 3.53. The Morgan fingerprint density at radius 1 is 1.23 bits per heavy atom. The van der Waals surface area contributed by atoms with Crippen molar-refractivity contribution in [1.82, 2.24) is 10.2 Å². The van der Waals surface area contributed by atoms with E-state index in [2.05, 4.69) is 5.32 Å². The number of epoxide rings is 1. The van der Waals surface area contributed by atoms with Crippen LogP contribution in [-0.4, -0.2) is 53.5 Å². The number of piperidine rings is 1. The number of benzene rings is 1. The van der Waals surface area contributed by atoms with Gasteiger partial charge in [-0.05, 0) is 52.0 Å². The molecule has 3 aliphatic rings. The van der Waals surface area contributed by atoms with Crippen molar-refractivity contribution >= 4 is 12.1 Å². The van der Waals surface area contributed by atoms with Crippen molar-refractivity contribution in [1.29, 1.82) is 0 Å². The second kappa shape index (κ2) is 8.19. The molecule has 4 rings (SSSR count). The summed E-state index contributed by atoms with van der Waals surface area (Å²) in [6.45, 7) is 7.27. The summed E-state index contributed by atoms with van der Waals surface area (Å²) in [6, 6.07) is 9.87. The molecular weight excluding hydrogens is 384 g/mol. The first-order chi connectivity index (χ1) is 14.2. The first kappa shape index (κ1) is 21.1. The summed E-state index contributed by atoms with van der Waals surface area (Å²) >= 11 is 0. The molecule has 1 N–H and O–H groups in total. The van der Waals surface area contributed by atoms with E-state index in [0.717, 1.165) is 18.4 Å². The molecule has 2 heterocycles. The van der Waals surface area contributed by atoms with Crippen molar-refractivity contribution < 1.29 is 23.8 Å². The van der Waals surface area contributed by atoms with Crippen LogP contribution in [0.3, 0.4) is 0 Å². The molecule has 2 saturated heterocycles. The lowest BCUT2D eigenvalue weighted by molar-refractivity contribution is -0.165. The zero-order valence-electron chi connectivity index (χ0n) is 18.1. The predicted octanol–water partition coefficient (Wildman–Crippen LogP) is 3.22. The minimum absolute atomic E-state index is 0.0403. The maximum absolute atomic E-state index is 12.4. The number of carbonyl (C=O) groups excluding carboxylic acids is 2. The molecule has 2 aliphatic heterocycles. The van der Waals surface area contributed by atoms with Crippen LogP contribution in [0.15, 0.2) is 30.3 Å². The fraction of sp³-hybridized carbons (Fsp3) is 0.652. The average molecular weight is 417 g/mol. The van der Waals surface area contributed by atoms with Crippen LogP contribution in [-0.2, 0) is 25.6 Å². The van der Waals surface area contributed by atoms with E-state index >= 15 is 0 Å². The molecule has 1 spiro atoms. The predicted molar refractivity (Wildman–Crippen MR) is 111 cm³/mol. The summed E-state index contributed by atoms with van der Waals surface area (Å²) < 4.78 is 16.8. The molecule has 2 unspecified atom stereocenters. The Balaban J connectivity index is 1.19. The van der Waals surface area contributed by atoms with E-state index in [4.69, 9.17) is 14.2 Å². The number of rotatable bonds is 5. The standard InChI is InChI=1S/C23H32N2O5/c1-22(2,3)29-19(26)17-12-23(13-17)20(30-23)24-18-10-7-11-25(14-18)21(27)28-15-16-8-5-4-6-9-16/h4-6,8-9,17-18,20,24H,7,10-15H2,1-3H3. The summed E-state index contributed by atoms with van der Waals surface area (Å²) in [5.74, 6) is -0.209. The molecular formula is C23H32N2O5. The van der Waals surface area contributed by atoms with Gasteiger partial charge in [0, 0.05) is 19.1 Å². The van der Waals surface area contributed by atoms with Gasteiger partial charge in [0.1, 0.15) is 24.0 Å². The fourth-order valence-corrected chi connectivity index (χ4v) is 4.33. The maximum Gasteiger partial charge on any atom is 0.410 e. The van der Waals surface area contributed by atoms with E-state index in [-0.39, 0.29) is 42.5 Å². The number of nitrogens with one attached hydrogen (secondary N) is 1. The van der Waals surface area contributed by atoms with Gasteiger partial charge in [0.15, 0.2) is 0 Å².